The first-order valence-electron chi connectivity index (χ1n) is 10.3. The number of rotatable bonds is 8. The zero-order valence-electron chi connectivity index (χ0n) is 17.8. The van der Waals surface area contributed by atoms with Gasteiger partial charge in [-0.25, -0.2) is 4.79 Å². The SMILES string of the molecule is COc1ccc(CN2C(=O)C(C(CCNC(=O)O)c3ccccc3)CC2(C)C)cc1. The summed E-state index contributed by atoms with van der Waals surface area (Å²) in [4.78, 5) is 26.4. The van der Waals surface area contributed by atoms with Crippen molar-refractivity contribution in [1.82, 2.24) is 10.2 Å². The van der Waals surface area contributed by atoms with Crippen LogP contribution in [0.15, 0.2) is 54.6 Å². The number of nitrogens with one attached hydrogen (secondary N) is 1. The highest BCUT2D eigenvalue weighted by molar-refractivity contribution is 5.83. The molecule has 1 heterocycles. The lowest BCUT2D eigenvalue weighted by Crippen LogP contribution is -2.40. The molecule has 1 aliphatic rings. The average Bonchev–Trinajstić information content (AvgIpc) is 2.95. The topological polar surface area (TPSA) is 78.9 Å². The van der Waals surface area contributed by atoms with Gasteiger partial charge in [-0.1, -0.05) is 42.5 Å². The summed E-state index contributed by atoms with van der Waals surface area (Å²) in [6.07, 6.45) is 0.273. The van der Waals surface area contributed by atoms with Crippen molar-refractivity contribution in [3.63, 3.8) is 0 Å². The first kappa shape index (κ1) is 21.7. The van der Waals surface area contributed by atoms with Gasteiger partial charge in [0.2, 0.25) is 5.91 Å². The highest BCUT2D eigenvalue weighted by atomic mass is 16.5. The Morgan fingerprint density at radius 3 is 2.47 bits per heavy atom. The number of ether oxygens (including phenoxy) is 1. The van der Waals surface area contributed by atoms with Crippen LogP contribution in [0.25, 0.3) is 0 Å². The molecule has 0 saturated carbocycles. The molecule has 1 fully saturated rings. The van der Waals surface area contributed by atoms with Gasteiger partial charge in [0.25, 0.3) is 0 Å². The highest BCUT2D eigenvalue weighted by Gasteiger charge is 2.47. The summed E-state index contributed by atoms with van der Waals surface area (Å²) >= 11 is 0. The first-order chi connectivity index (χ1) is 14.3. The molecule has 3 rings (SSSR count). The second-order valence-corrected chi connectivity index (χ2v) is 8.43. The van der Waals surface area contributed by atoms with Crippen LogP contribution < -0.4 is 10.1 Å². The number of benzene rings is 2. The number of amides is 2. The number of hydrogen-bond acceptors (Lipinski definition) is 3. The molecule has 0 aliphatic carbocycles. The van der Waals surface area contributed by atoms with E-state index in [-0.39, 0.29) is 23.3 Å². The van der Waals surface area contributed by atoms with Crippen LogP contribution >= 0.6 is 0 Å². The van der Waals surface area contributed by atoms with Crippen molar-refractivity contribution < 1.29 is 19.4 Å². The summed E-state index contributed by atoms with van der Waals surface area (Å²) in [7, 11) is 1.63. The Kier molecular flexibility index (Phi) is 6.65. The van der Waals surface area contributed by atoms with E-state index in [9.17, 15) is 9.59 Å². The lowest BCUT2D eigenvalue weighted by Gasteiger charge is -2.31. The van der Waals surface area contributed by atoms with Gasteiger partial charge in [-0.15, -0.1) is 0 Å². The van der Waals surface area contributed by atoms with Crippen molar-refractivity contribution in [2.75, 3.05) is 13.7 Å². The Balaban J connectivity index is 1.82. The Labute approximate surface area is 177 Å². The van der Waals surface area contributed by atoms with Crippen LogP contribution in [0.3, 0.4) is 0 Å². The Morgan fingerprint density at radius 2 is 1.87 bits per heavy atom. The van der Waals surface area contributed by atoms with Crippen molar-refractivity contribution in [1.29, 1.82) is 0 Å². The van der Waals surface area contributed by atoms with Crippen molar-refractivity contribution in [3.05, 3.63) is 65.7 Å². The molecule has 2 N–H and O–H groups in total. The van der Waals surface area contributed by atoms with Gasteiger partial charge in [0, 0.05) is 24.5 Å². The summed E-state index contributed by atoms with van der Waals surface area (Å²) in [5.41, 5.74) is 1.85. The van der Waals surface area contributed by atoms with Crippen molar-refractivity contribution >= 4 is 12.0 Å². The third-order valence-electron chi connectivity index (χ3n) is 5.98. The molecule has 160 valence electrons. The van der Waals surface area contributed by atoms with Crippen molar-refractivity contribution in [2.24, 2.45) is 5.92 Å². The van der Waals surface area contributed by atoms with Gasteiger partial charge >= 0.3 is 6.09 Å². The first-order valence-corrected chi connectivity index (χ1v) is 10.3. The van der Waals surface area contributed by atoms with E-state index in [0.717, 1.165) is 23.3 Å². The molecule has 6 heteroatoms. The van der Waals surface area contributed by atoms with Crippen LogP contribution in [0.4, 0.5) is 4.79 Å². The van der Waals surface area contributed by atoms with Crippen LogP contribution in [0.1, 0.15) is 43.7 Å². The molecule has 0 radical (unpaired) electrons. The zero-order chi connectivity index (χ0) is 21.7. The lowest BCUT2D eigenvalue weighted by molar-refractivity contribution is -0.134. The minimum Gasteiger partial charge on any atom is -0.497 e. The molecule has 2 aromatic carbocycles. The molecule has 6 nitrogen and oxygen atoms in total. The van der Waals surface area contributed by atoms with Gasteiger partial charge in [-0.3, -0.25) is 4.79 Å². The van der Waals surface area contributed by atoms with Crippen LogP contribution in [-0.2, 0) is 11.3 Å². The van der Waals surface area contributed by atoms with Crippen molar-refractivity contribution in [2.45, 2.75) is 44.7 Å². The zero-order valence-corrected chi connectivity index (χ0v) is 17.8. The minimum atomic E-state index is -1.04. The van der Waals surface area contributed by atoms with Gasteiger partial charge in [-0.05, 0) is 55.9 Å². The quantitative estimate of drug-likeness (QED) is 0.681. The molecular formula is C24H30N2O4. The molecule has 1 aliphatic heterocycles. The van der Waals surface area contributed by atoms with E-state index >= 15 is 0 Å². The standard InChI is InChI=1S/C24H30N2O4/c1-24(2)15-21(20(13-14-25-23(28)29)18-7-5-4-6-8-18)22(27)26(24)16-17-9-11-19(30-3)12-10-17/h4-12,20-21,25H,13-16H2,1-3H3,(H,28,29). The smallest absolute Gasteiger partial charge is 0.404 e. The highest BCUT2D eigenvalue weighted by Crippen LogP contribution is 2.43. The van der Waals surface area contributed by atoms with E-state index < -0.39 is 6.09 Å². The second kappa shape index (κ2) is 9.20. The summed E-state index contributed by atoms with van der Waals surface area (Å²) < 4.78 is 5.22. The monoisotopic (exact) mass is 410 g/mol. The van der Waals surface area contributed by atoms with Crippen LogP contribution in [0.5, 0.6) is 5.75 Å². The fourth-order valence-corrected chi connectivity index (χ4v) is 4.39. The molecule has 2 atom stereocenters. The maximum absolute atomic E-state index is 13.5. The third kappa shape index (κ3) is 4.93. The molecule has 2 amide bonds. The molecule has 30 heavy (non-hydrogen) atoms. The molecule has 2 unspecified atom stereocenters. The van der Waals surface area contributed by atoms with Gasteiger partial charge in [0.15, 0.2) is 0 Å². The number of carbonyl (C=O) groups is 2. The molecule has 0 bridgehead atoms. The molecule has 1 saturated heterocycles. The van der Waals surface area contributed by atoms with E-state index in [2.05, 4.69) is 19.2 Å². The summed E-state index contributed by atoms with van der Waals surface area (Å²) in [6.45, 7) is 5.07. The minimum absolute atomic E-state index is 0.0364. The lowest BCUT2D eigenvalue weighted by atomic mass is 9.80. The third-order valence-corrected chi connectivity index (χ3v) is 5.98. The maximum atomic E-state index is 13.5. The van der Waals surface area contributed by atoms with E-state index in [1.54, 1.807) is 7.11 Å². The van der Waals surface area contributed by atoms with E-state index in [0.29, 0.717) is 19.5 Å². The Morgan fingerprint density at radius 1 is 1.20 bits per heavy atom. The Bertz CT molecular complexity index is 865. The normalized spacial score (nSPS) is 18.8. The van der Waals surface area contributed by atoms with Gasteiger partial charge in [0.05, 0.1) is 7.11 Å². The number of nitrogens with zero attached hydrogens (tertiary/aromatic N) is 1. The summed E-state index contributed by atoms with van der Waals surface area (Å²) in [5, 5.41) is 11.4. The predicted molar refractivity (Wildman–Crippen MR) is 116 cm³/mol. The second-order valence-electron chi connectivity index (χ2n) is 8.43. The van der Waals surface area contributed by atoms with Crippen LogP contribution in [0, 0.1) is 5.92 Å². The maximum Gasteiger partial charge on any atom is 0.404 e. The number of likely N-dealkylation sites (tertiary alicyclic amines) is 1. The largest absolute Gasteiger partial charge is 0.497 e. The van der Waals surface area contributed by atoms with E-state index in [1.165, 1.54) is 0 Å². The van der Waals surface area contributed by atoms with Gasteiger partial charge in [-0.2, -0.15) is 0 Å². The van der Waals surface area contributed by atoms with Gasteiger partial charge < -0.3 is 20.1 Å². The summed E-state index contributed by atoms with van der Waals surface area (Å²) in [6, 6.07) is 17.7. The average molecular weight is 411 g/mol. The predicted octanol–water partition coefficient (Wildman–Crippen LogP) is 4.26. The molecular weight excluding hydrogens is 380 g/mol. The number of carboxylic acid groups (broad SMARTS) is 1. The number of carbonyl (C=O) groups excluding carboxylic acids is 1. The molecule has 0 aromatic heterocycles. The summed E-state index contributed by atoms with van der Waals surface area (Å²) in [5.74, 6) is 0.695. The van der Waals surface area contributed by atoms with Gasteiger partial charge in [0.1, 0.15) is 5.75 Å². The number of hydrogen-bond donors (Lipinski definition) is 2. The molecule has 0 spiro atoms. The van der Waals surface area contributed by atoms with Crippen molar-refractivity contribution in [3.8, 4) is 5.75 Å². The number of methoxy groups -OCH3 is 1. The van der Waals surface area contributed by atoms with Crippen LogP contribution in [0.2, 0.25) is 0 Å². The van der Waals surface area contributed by atoms with E-state index in [4.69, 9.17) is 9.84 Å². The molecule has 2 aromatic rings. The fraction of sp³-hybridized carbons (Fsp3) is 0.417. The fourth-order valence-electron chi connectivity index (χ4n) is 4.39. The Hall–Kier alpha value is -3.02. The van der Waals surface area contributed by atoms with Crippen LogP contribution in [-0.4, -0.2) is 41.2 Å². The van der Waals surface area contributed by atoms with E-state index in [1.807, 2.05) is 59.5 Å².